The maximum Gasteiger partial charge on any atom is 0.304 e. The minimum Gasteiger partial charge on any atom is -0.509 e. The molecule has 2 rings (SSSR count). The largest absolute Gasteiger partial charge is 0.509 e. The third-order valence-corrected chi connectivity index (χ3v) is 3.63. The van der Waals surface area contributed by atoms with Crippen LogP contribution in [0.25, 0.3) is 0 Å². The maximum absolute atomic E-state index is 13.2. The molecule has 0 aliphatic carbocycles. The molecule has 7 nitrogen and oxygen atoms in total. The Labute approximate surface area is 142 Å². The molecule has 0 radical (unpaired) electrons. The van der Waals surface area contributed by atoms with E-state index in [-0.39, 0.29) is 28.6 Å². The summed E-state index contributed by atoms with van der Waals surface area (Å²) >= 11 is 6.01. The number of nitrogens with zero attached hydrogens (tertiary/aromatic N) is 2. The second kappa shape index (κ2) is 7.16. The van der Waals surface area contributed by atoms with Crippen molar-refractivity contribution < 1.29 is 28.6 Å². The highest BCUT2D eigenvalue weighted by Gasteiger charge is 2.46. The van der Waals surface area contributed by atoms with Crippen LogP contribution in [0.4, 0.5) is 10.1 Å². The number of ether oxygens (including phenoxy) is 2. The Morgan fingerprint density at radius 2 is 2.12 bits per heavy atom. The van der Waals surface area contributed by atoms with Crippen molar-refractivity contribution in [3.8, 4) is 0 Å². The van der Waals surface area contributed by atoms with Gasteiger partial charge in [0.25, 0.3) is 5.91 Å². The molecule has 1 saturated heterocycles. The number of likely N-dealkylation sites (N-methyl/N-ethyl adjacent to an activating group) is 1. The van der Waals surface area contributed by atoms with Gasteiger partial charge in [0, 0.05) is 21.1 Å². The second-order valence-corrected chi connectivity index (χ2v) is 5.45. The van der Waals surface area contributed by atoms with Gasteiger partial charge in [-0.15, -0.1) is 0 Å². The highest BCUT2D eigenvalue weighted by molar-refractivity contribution is 6.34. The summed E-state index contributed by atoms with van der Waals surface area (Å²) in [4.78, 5) is 24.1. The van der Waals surface area contributed by atoms with Gasteiger partial charge >= 0.3 is 5.97 Å². The zero-order chi connectivity index (χ0) is 18.0. The number of methoxy groups -OCH3 is 1. The van der Waals surface area contributed by atoms with E-state index >= 15 is 0 Å². The lowest BCUT2D eigenvalue weighted by Crippen LogP contribution is -2.41. The number of hydrazine groups is 1. The van der Waals surface area contributed by atoms with Crippen molar-refractivity contribution in [2.45, 2.75) is 13.2 Å². The number of benzene rings is 1. The van der Waals surface area contributed by atoms with E-state index in [9.17, 15) is 19.1 Å². The molecule has 0 aromatic heterocycles. The molecule has 1 fully saturated rings. The first-order valence-electron chi connectivity index (χ1n) is 6.88. The predicted molar refractivity (Wildman–Crippen MR) is 83.7 cm³/mol. The zero-order valence-electron chi connectivity index (χ0n) is 13.2. The number of halogens is 2. The summed E-state index contributed by atoms with van der Waals surface area (Å²) in [5, 5.41) is 12.5. The molecule has 0 bridgehead atoms. The number of carbonyl (C=O) groups excluding carboxylic acids is 2. The molecule has 1 unspecified atom stereocenters. The summed E-state index contributed by atoms with van der Waals surface area (Å²) in [7, 11) is 2.81. The van der Waals surface area contributed by atoms with Gasteiger partial charge in [-0.05, 0) is 18.2 Å². The number of esters is 1. The lowest BCUT2D eigenvalue weighted by molar-refractivity contribution is -0.150. The first-order valence-corrected chi connectivity index (χ1v) is 7.26. The highest BCUT2D eigenvalue weighted by atomic mass is 35.5. The summed E-state index contributed by atoms with van der Waals surface area (Å²) in [5.41, 5.74) is 0.0258. The van der Waals surface area contributed by atoms with E-state index in [2.05, 4.69) is 0 Å². The number of hydrogen-bond donors (Lipinski definition) is 1. The van der Waals surface area contributed by atoms with E-state index < -0.39 is 23.9 Å². The van der Waals surface area contributed by atoms with Gasteiger partial charge in [-0.2, -0.15) is 5.01 Å². The van der Waals surface area contributed by atoms with Gasteiger partial charge in [-0.25, -0.2) is 9.40 Å². The van der Waals surface area contributed by atoms with Crippen LogP contribution in [0.2, 0.25) is 5.02 Å². The summed E-state index contributed by atoms with van der Waals surface area (Å²) < 4.78 is 23.2. The topological polar surface area (TPSA) is 79.3 Å². The van der Waals surface area contributed by atoms with Gasteiger partial charge < -0.3 is 14.6 Å². The number of rotatable bonds is 4. The van der Waals surface area contributed by atoms with Crippen molar-refractivity contribution in [2.75, 3.05) is 25.8 Å². The molecule has 24 heavy (non-hydrogen) atoms. The Hall–Kier alpha value is -2.16. The van der Waals surface area contributed by atoms with Crippen LogP contribution in [-0.2, 0) is 19.1 Å². The number of anilines is 1. The number of aliphatic hydroxyl groups excluding tert-OH is 1. The molecular weight excluding hydrogens is 343 g/mol. The molecule has 1 heterocycles. The molecule has 1 aromatic carbocycles. The fraction of sp³-hybridized carbons (Fsp3) is 0.333. The van der Waals surface area contributed by atoms with Crippen LogP contribution in [0.15, 0.2) is 29.5 Å². The third-order valence-electron chi connectivity index (χ3n) is 3.33. The number of amides is 1. The van der Waals surface area contributed by atoms with E-state index in [4.69, 9.17) is 21.1 Å². The average Bonchev–Trinajstić information content (AvgIpc) is 2.71. The van der Waals surface area contributed by atoms with Gasteiger partial charge in [-0.3, -0.25) is 9.59 Å². The van der Waals surface area contributed by atoms with Crippen molar-refractivity contribution in [1.29, 1.82) is 0 Å². The van der Waals surface area contributed by atoms with Gasteiger partial charge in [0.15, 0.2) is 0 Å². The minimum absolute atomic E-state index is 0.00995. The molecule has 0 saturated carbocycles. The first-order chi connectivity index (χ1) is 11.3. The van der Waals surface area contributed by atoms with Gasteiger partial charge in [0.05, 0.1) is 10.7 Å². The Morgan fingerprint density at radius 3 is 2.67 bits per heavy atom. The van der Waals surface area contributed by atoms with Crippen molar-refractivity contribution in [2.24, 2.45) is 0 Å². The summed E-state index contributed by atoms with van der Waals surface area (Å²) in [6.07, 6.45) is -1.16. The molecule has 130 valence electrons. The molecule has 1 atom stereocenters. The van der Waals surface area contributed by atoms with Crippen LogP contribution in [0.5, 0.6) is 0 Å². The van der Waals surface area contributed by atoms with Crippen LogP contribution in [0, 0.1) is 5.82 Å². The predicted octanol–water partition coefficient (Wildman–Crippen LogP) is 2.02. The van der Waals surface area contributed by atoms with Crippen molar-refractivity contribution in [3.05, 3.63) is 40.4 Å². The van der Waals surface area contributed by atoms with Gasteiger partial charge in [0.2, 0.25) is 6.23 Å². The lowest BCUT2D eigenvalue weighted by Gasteiger charge is -2.27. The van der Waals surface area contributed by atoms with Gasteiger partial charge in [-0.1, -0.05) is 11.6 Å². The molecule has 1 N–H and O–H groups in total. The minimum atomic E-state index is -1.16. The number of aliphatic hydroxyl groups is 1. The summed E-state index contributed by atoms with van der Waals surface area (Å²) in [6.45, 7) is 0.939. The Kier molecular flexibility index (Phi) is 5.43. The van der Waals surface area contributed by atoms with E-state index in [1.807, 2.05) is 0 Å². The standard InChI is InChI=1S/C15H16ClFN2O5/c1-8(20)24-15-13(12(21)7-23-3)14(22)19(18(15)2)11-5-4-9(17)6-10(11)16/h4-6,15,21H,7H2,1-3H3. The SMILES string of the molecule is COCC(O)=C1C(=O)N(c2ccc(F)cc2Cl)N(C)C1OC(C)=O. The van der Waals surface area contributed by atoms with Crippen molar-refractivity contribution in [1.82, 2.24) is 5.01 Å². The van der Waals surface area contributed by atoms with Crippen LogP contribution in [0.1, 0.15) is 6.92 Å². The first kappa shape index (κ1) is 18.2. The van der Waals surface area contributed by atoms with E-state index in [0.717, 1.165) is 17.1 Å². The van der Waals surface area contributed by atoms with E-state index in [0.29, 0.717) is 0 Å². The fourth-order valence-electron chi connectivity index (χ4n) is 2.36. The lowest BCUT2D eigenvalue weighted by atomic mass is 10.2. The third kappa shape index (κ3) is 3.35. The highest BCUT2D eigenvalue weighted by Crippen LogP contribution is 2.35. The van der Waals surface area contributed by atoms with Crippen molar-refractivity contribution in [3.63, 3.8) is 0 Å². The van der Waals surface area contributed by atoms with E-state index in [1.54, 1.807) is 0 Å². The molecule has 0 spiro atoms. The van der Waals surface area contributed by atoms with E-state index in [1.165, 1.54) is 32.2 Å². The van der Waals surface area contributed by atoms with Crippen LogP contribution in [-0.4, -0.2) is 49.0 Å². The quantitative estimate of drug-likeness (QED) is 0.504. The smallest absolute Gasteiger partial charge is 0.304 e. The van der Waals surface area contributed by atoms with Crippen LogP contribution >= 0.6 is 11.6 Å². The Bertz CT molecular complexity index is 709. The molecular formula is C15H16ClFN2O5. The summed E-state index contributed by atoms with van der Waals surface area (Å²) in [5.74, 6) is -2.24. The molecule has 1 aliphatic rings. The zero-order valence-corrected chi connectivity index (χ0v) is 14.0. The fourth-order valence-corrected chi connectivity index (χ4v) is 2.61. The second-order valence-electron chi connectivity index (χ2n) is 5.04. The number of carbonyl (C=O) groups is 2. The monoisotopic (exact) mass is 358 g/mol. The van der Waals surface area contributed by atoms with Crippen LogP contribution < -0.4 is 5.01 Å². The maximum atomic E-state index is 13.2. The molecule has 9 heteroatoms. The molecule has 1 amide bonds. The average molecular weight is 359 g/mol. The Morgan fingerprint density at radius 1 is 1.46 bits per heavy atom. The number of hydrogen-bond acceptors (Lipinski definition) is 6. The van der Waals surface area contributed by atoms with Crippen molar-refractivity contribution >= 4 is 29.2 Å². The van der Waals surface area contributed by atoms with Gasteiger partial charge in [0.1, 0.15) is 23.8 Å². The molecule has 1 aliphatic heterocycles. The summed E-state index contributed by atoms with van der Waals surface area (Å²) in [6, 6.07) is 3.50. The van der Waals surface area contributed by atoms with Crippen LogP contribution in [0.3, 0.4) is 0 Å². The normalized spacial score (nSPS) is 20.5. The molecule has 1 aromatic rings. The Balaban J connectivity index is 2.53.